The van der Waals surface area contributed by atoms with Crippen LogP contribution in [0.3, 0.4) is 0 Å². The highest BCUT2D eigenvalue weighted by molar-refractivity contribution is 9.10. The number of aromatic nitrogens is 2. The summed E-state index contributed by atoms with van der Waals surface area (Å²) in [6.07, 6.45) is 0.202. The molecule has 0 saturated carbocycles. The first kappa shape index (κ1) is 24.6. The first-order valence-corrected chi connectivity index (χ1v) is 12.7. The summed E-state index contributed by atoms with van der Waals surface area (Å²) in [5.41, 5.74) is 3.25. The van der Waals surface area contributed by atoms with Crippen molar-refractivity contribution >= 4 is 44.2 Å². The van der Waals surface area contributed by atoms with E-state index in [-0.39, 0.29) is 12.3 Å². The van der Waals surface area contributed by atoms with Crippen LogP contribution in [0.2, 0.25) is 0 Å². The van der Waals surface area contributed by atoms with E-state index in [0.29, 0.717) is 24.6 Å². The Hall–Kier alpha value is -4.10. The second-order valence-electron chi connectivity index (χ2n) is 8.61. The number of anilines is 2. The zero-order valence-electron chi connectivity index (χ0n) is 19.9. The summed E-state index contributed by atoms with van der Waals surface area (Å²) in [5.74, 6) is 0.769. The minimum absolute atomic E-state index is 0.200. The number of nitrogens with one attached hydrogen (secondary N) is 1. The fourth-order valence-electron chi connectivity index (χ4n) is 4.15. The van der Waals surface area contributed by atoms with Crippen molar-refractivity contribution in [3.8, 4) is 11.4 Å². The summed E-state index contributed by atoms with van der Waals surface area (Å²) in [6.45, 7) is 0.974. The Bertz CT molecular complexity index is 1540. The molecule has 5 rings (SSSR count). The summed E-state index contributed by atoms with van der Waals surface area (Å²) >= 11 is 3.54. The lowest BCUT2D eigenvalue weighted by molar-refractivity contribution is -0.116. The van der Waals surface area contributed by atoms with Gasteiger partial charge in [0.15, 0.2) is 5.82 Å². The topological polar surface area (TPSA) is 58.1 Å². The van der Waals surface area contributed by atoms with Crippen molar-refractivity contribution in [1.82, 2.24) is 9.97 Å². The molecular formula is C30H24BrFN4O. The molecular weight excluding hydrogens is 531 g/mol. The van der Waals surface area contributed by atoms with Gasteiger partial charge in [-0.05, 0) is 48.0 Å². The van der Waals surface area contributed by atoms with Crippen molar-refractivity contribution in [2.75, 3.05) is 16.8 Å². The maximum atomic E-state index is 13.6. The van der Waals surface area contributed by atoms with Crippen LogP contribution in [0.4, 0.5) is 15.9 Å². The molecule has 0 fully saturated rings. The van der Waals surface area contributed by atoms with E-state index in [2.05, 4.69) is 38.3 Å². The maximum absolute atomic E-state index is 13.6. The van der Waals surface area contributed by atoms with Crippen molar-refractivity contribution in [3.05, 3.63) is 119 Å². The molecule has 0 spiro atoms. The molecule has 37 heavy (non-hydrogen) atoms. The van der Waals surface area contributed by atoms with E-state index < -0.39 is 5.82 Å². The van der Waals surface area contributed by atoms with Crippen LogP contribution in [-0.4, -0.2) is 22.4 Å². The third-order valence-electron chi connectivity index (χ3n) is 5.90. The number of hydrogen-bond donors (Lipinski definition) is 1. The van der Waals surface area contributed by atoms with Crippen LogP contribution in [0.1, 0.15) is 12.0 Å². The second-order valence-corrected chi connectivity index (χ2v) is 9.53. The lowest BCUT2D eigenvalue weighted by atomic mass is 10.1. The third kappa shape index (κ3) is 6.19. The van der Waals surface area contributed by atoms with E-state index in [1.54, 1.807) is 12.1 Å². The summed E-state index contributed by atoms with van der Waals surface area (Å²) < 4.78 is 14.5. The van der Waals surface area contributed by atoms with Crippen LogP contribution < -0.4 is 10.2 Å². The molecule has 0 atom stereocenters. The Labute approximate surface area is 223 Å². The number of fused-ring (bicyclic) bond motifs is 1. The van der Waals surface area contributed by atoms with Gasteiger partial charge < -0.3 is 10.2 Å². The molecule has 1 aromatic heterocycles. The number of rotatable bonds is 8. The highest BCUT2D eigenvalue weighted by Crippen LogP contribution is 2.30. The minimum atomic E-state index is -0.393. The maximum Gasteiger partial charge on any atom is 0.226 e. The van der Waals surface area contributed by atoms with Crippen LogP contribution in [0.5, 0.6) is 0 Å². The van der Waals surface area contributed by atoms with E-state index in [4.69, 9.17) is 9.97 Å². The predicted octanol–water partition coefficient (Wildman–Crippen LogP) is 7.23. The van der Waals surface area contributed by atoms with Crippen molar-refractivity contribution < 1.29 is 9.18 Å². The van der Waals surface area contributed by atoms with Crippen molar-refractivity contribution in [2.45, 2.75) is 13.0 Å². The van der Waals surface area contributed by atoms with Gasteiger partial charge in [0.2, 0.25) is 5.91 Å². The molecule has 1 heterocycles. The fraction of sp³-hybridized carbons (Fsp3) is 0.100. The Morgan fingerprint density at radius 3 is 2.46 bits per heavy atom. The van der Waals surface area contributed by atoms with Crippen LogP contribution in [0, 0.1) is 5.82 Å². The average Bonchev–Trinajstić information content (AvgIpc) is 2.91. The number of carbonyl (C=O) groups excluding carboxylic acids is 1. The summed E-state index contributed by atoms with van der Waals surface area (Å²) in [4.78, 5) is 24.7. The second kappa shape index (κ2) is 11.3. The molecule has 184 valence electrons. The Kier molecular flexibility index (Phi) is 7.51. The molecule has 0 unspecified atom stereocenters. The van der Waals surface area contributed by atoms with E-state index >= 15 is 0 Å². The predicted molar refractivity (Wildman–Crippen MR) is 150 cm³/mol. The number of nitrogens with zero attached hydrogens (tertiary/aromatic N) is 3. The monoisotopic (exact) mass is 554 g/mol. The third-order valence-corrected chi connectivity index (χ3v) is 6.39. The van der Waals surface area contributed by atoms with Crippen LogP contribution in [0.25, 0.3) is 22.3 Å². The molecule has 7 heteroatoms. The zero-order chi connectivity index (χ0) is 25.6. The number of benzene rings is 4. The molecule has 0 aliphatic rings. The first-order valence-electron chi connectivity index (χ1n) is 11.9. The van der Waals surface area contributed by atoms with Crippen molar-refractivity contribution in [1.29, 1.82) is 0 Å². The molecule has 0 aliphatic carbocycles. The summed E-state index contributed by atoms with van der Waals surface area (Å²) in [5, 5.41) is 3.70. The standard InChI is InChI=1S/C30H24BrFN4O/c31-23-11-6-10-22(18-23)29-34-27-15-5-4-14-26(27)30(35-29)36(20-21-8-2-1-3-9-21)17-16-28(37)33-25-13-7-12-24(32)19-25/h1-15,18-19H,16-17,20H2,(H,33,37). The molecule has 0 saturated heterocycles. The Balaban J connectivity index is 1.50. The van der Waals surface area contributed by atoms with Crippen LogP contribution in [0.15, 0.2) is 108 Å². The largest absolute Gasteiger partial charge is 0.351 e. The van der Waals surface area contributed by atoms with Gasteiger partial charge in [0.1, 0.15) is 11.6 Å². The molecule has 0 radical (unpaired) electrons. The van der Waals surface area contributed by atoms with Gasteiger partial charge >= 0.3 is 0 Å². The Morgan fingerprint density at radius 2 is 1.65 bits per heavy atom. The van der Waals surface area contributed by atoms with Gasteiger partial charge in [-0.2, -0.15) is 0 Å². The van der Waals surface area contributed by atoms with E-state index in [9.17, 15) is 9.18 Å². The van der Waals surface area contributed by atoms with Crippen molar-refractivity contribution in [2.24, 2.45) is 0 Å². The summed E-state index contributed by atoms with van der Waals surface area (Å²) in [6, 6.07) is 31.8. The van der Waals surface area contributed by atoms with Gasteiger partial charge in [-0.15, -0.1) is 0 Å². The average molecular weight is 555 g/mol. The molecule has 5 nitrogen and oxygen atoms in total. The van der Waals surface area contributed by atoms with Gasteiger partial charge in [0, 0.05) is 40.6 Å². The number of hydrogen-bond acceptors (Lipinski definition) is 4. The first-order chi connectivity index (χ1) is 18.0. The lowest BCUT2D eigenvalue weighted by Crippen LogP contribution is -2.28. The minimum Gasteiger partial charge on any atom is -0.351 e. The molecule has 1 N–H and O–H groups in total. The number of halogens is 2. The van der Waals surface area contributed by atoms with Gasteiger partial charge in [-0.1, -0.05) is 76.6 Å². The highest BCUT2D eigenvalue weighted by Gasteiger charge is 2.18. The fourth-order valence-corrected chi connectivity index (χ4v) is 4.55. The van der Waals surface area contributed by atoms with Gasteiger partial charge in [-0.3, -0.25) is 4.79 Å². The van der Waals surface area contributed by atoms with Gasteiger partial charge in [0.05, 0.1) is 5.52 Å². The van der Waals surface area contributed by atoms with Crippen molar-refractivity contribution in [3.63, 3.8) is 0 Å². The Morgan fingerprint density at radius 1 is 0.865 bits per heavy atom. The number of carbonyl (C=O) groups is 1. The zero-order valence-corrected chi connectivity index (χ0v) is 21.5. The highest BCUT2D eigenvalue weighted by atomic mass is 79.9. The molecule has 4 aromatic carbocycles. The number of amides is 1. The normalized spacial score (nSPS) is 10.9. The molecule has 5 aromatic rings. The summed E-state index contributed by atoms with van der Waals surface area (Å²) in [7, 11) is 0. The quantitative estimate of drug-likeness (QED) is 0.220. The lowest BCUT2D eigenvalue weighted by Gasteiger charge is -2.25. The molecule has 0 bridgehead atoms. The smallest absolute Gasteiger partial charge is 0.226 e. The van der Waals surface area contributed by atoms with Gasteiger partial charge in [-0.25, -0.2) is 14.4 Å². The number of para-hydroxylation sites is 1. The SMILES string of the molecule is O=C(CCN(Cc1ccccc1)c1nc(-c2cccc(Br)c2)nc2ccccc12)Nc1cccc(F)c1. The van der Waals surface area contributed by atoms with Gasteiger partial charge in [0.25, 0.3) is 0 Å². The van der Waals surface area contributed by atoms with E-state index in [1.807, 2.05) is 66.7 Å². The van der Waals surface area contributed by atoms with Crippen LogP contribution in [-0.2, 0) is 11.3 Å². The van der Waals surface area contributed by atoms with E-state index in [0.717, 1.165) is 32.3 Å². The molecule has 1 amide bonds. The molecule has 0 aliphatic heterocycles. The van der Waals surface area contributed by atoms with E-state index in [1.165, 1.54) is 12.1 Å². The van der Waals surface area contributed by atoms with Crippen LogP contribution >= 0.6 is 15.9 Å².